The number of β-amino-alcohol motifs (C(OH)–C–C–N with tert-alkyl or cyclic N) is 1. The fourth-order valence-corrected chi connectivity index (χ4v) is 2.82. The van der Waals surface area contributed by atoms with Gasteiger partial charge in [0, 0.05) is 6.54 Å². The smallest absolute Gasteiger partial charge is 0.416 e. The highest BCUT2D eigenvalue weighted by atomic mass is 19.4. The van der Waals surface area contributed by atoms with Crippen molar-refractivity contribution in [1.29, 1.82) is 0 Å². The molecule has 1 saturated heterocycles. The third-order valence-corrected chi connectivity index (χ3v) is 3.87. The molecule has 1 N–H and O–H groups in total. The summed E-state index contributed by atoms with van der Waals surface area (Å²) in [6.07, 6.45) is -3.70. The lowest BCUT2D eigenvalue weighted by Gasteiger charge is -2.24. The minimum Gasteiger partial charge on any atom is -0.459 e. The largest absolute Gasteiger partial charge is 0.459 e. The van der Waals surface area contributed by atoms with Crippen molar-refractivity contribution in [1.82, 2.24) is 4.90 Å². The van der Waals surface area contributed by atoms with Gasteiger partial charge in [0.2, 0.25) is 0 Å². The summed E-state index contributed by atoms with van der Waals surface area (Å²) < 4.78 is 43.6. The second kappa shape index (κ2) is 5.73. The van der Waals surface area contributed by atoms with E-state index in [4.69, 9.17) is 4.42 Å². The number of hydrogen-bond donors (Lipinski definition) is 1. The van der Waals surface area contributed by atoms with Crippen molar-refractivity contribution in [3.8, 4) is 0 Å². The molecule has 2 unspecified atom stereocenters. The first-order valence-electron chi connectivity index (χ1n) is 7.06. The summed E-state index contributed by atoms with van der Waals surface area (Å²) in [4.78, 5) is 13.8. The highest BCUT2D eigenvalue weighted by Gasteiger charge is 2.38. The Balaban J connectivity index is 1.92. The van der Waals surface area contributed by atoms with Gasteiger partial charge in [0.25, 0.3) is 5.91 Å². The maximum Gasteiger partial charge on any atom is 0.416 e. The van der Waals surface area contributed by atoms with Crippen LogP contribution >= 0.6 is 0 Å². The third kappa shape index (κ3) is 3.10. The number of alkyl halides is 3. The Hall–Kier alpha value is -2.28. The Labute approximate surface area is 130 Å². The number of halogens is 3. The number of aliphatic hydroxyl groups excluding tert-OH is 1. The molecular formula is C16H14F3NO3. The molecule has 2 aromatic rings. The van der Waals surface area contributed by atoms with E-state index in [0.29, 0.717) is 5.56 Å². The molecule has 2 heterocycles. The van der Waals surface area contributed by atoms with E-state index in [0.717, 1.165) is 12.1 Å². The van der Waals surface area contributed by atoms with Crippen LogP contribution in [0.4, 0.5) is 13.2 Å². The van der Waals surface area contributed by atoms with Crippen LogP contribution in [-0.4, -0.2) is 28.6 Å². The maximum atomic E-state index is 12.9. The van der Waals surface area contributed by atoms with Crippen LogP contribution in [0, 0.1) is 0 Å². The number of rotatable bonds is 2. The molecule has 2 atom stereocenters. The van der Waals surface area contributed by atoms with E-state index in [2.05, 4.69) is 0 Å². The summed E-state index contributed by atoms with van der Waals surface area (Å²) in [5.74, 6) is -0.356. The minimum absolute atomic E-state index is 0.0560. The Bertz CT molecular complexity index is 697. The number of likely N-dealkylation sites (tertiary alicyclic amines) is 1. The predicted molar refractivity (Wildman–Crippen MR) is 74.6 cm³/mol. The van der Waals surface area contributed by atoms with Gasteiger partial charge in [0.05, 0.1) is 24.0 Å². The monoisotopic (exact) mass is 325 g/mol. The molecular weight excluding hydrogens is 311 g/mol. The molecule has 0 saturated carbocycles. The van der Waals surface area contributed by atoms with Gasteiger partial charge in [-0.3, -0.25) is 4.79 Å². The van der Waals surface area contributed by atoms with E-state index in [9.17, 15) is 23.1 Å². The number of hydrogen-bond acceptors (Lipinski definition) is 3. The number of nitrogens with zero attached hydrogens (tertiary/aromatic N) is 1. The number of carbonyl (C=O) groups is 1. The first-order valence-corrected chi connectivity index (χ1v) is 7.06. The van der Waals surface area contributed by atoms with Crippen molar-refractivity contribution in [2.75, 3.05) is 6.54 Å². The second-order valence-electron chi connectivity index (χ2n) is 5.46. The molecule has 122 valence electrons. The zero-order valence-electron chi connectivity index (χ0n) is 12.0. The SMILES string of the molecule is O=C(c1ccco1)N1CC(O)CC1c1cccc(C(F)(F)F)c1. The fraction of sp³-hybridized carbons (Fsp3) is 0.312. The molecule has 1 amide bonds. The number of benzene rings is 1. The quantitative estimate of drug-likeness (QED) is 0.922. The van der Waals surface area contributed by atoms with Crippen molar-refractivity contribution in [3.63, 3.8) is 0 Å². The van der Waals surface area contributed by atoms with E-state index < -0.39 is 29.8 Å². The van der Waals surface area contributed by atoms with Crippen LogP contribution in [-0.2, 0) is 6.18 Å². The highest BCUT2D eigenvalue weighted by molar-refractivity contribution is 5.92. The first kappa shape index (κ1) is 15.6. The van der Waals surface area contributed by atoms with Crippen molar-refractivity contribution in [2.45, 2.75) is 24.7 Å². The van der Waals surface area contributed by atoms with Gasteiger partial charge in [-0.15, -0.1) is 0 Å². The average Bonchev–Trinajstić information content (AvgIpc) is 3.15. The van der Waals surface area contributed by atoms with Gasteiger partial charge >= 0.3 is 6.18 Å². The van der Waals surface area contributed by atoms with Gasteiger partial charge < -0.3 is 14.4 Å². The van der Waals surface area contributed by atoms with Gasteiger partial charge in [0.1, 0.15) is 0 Å². The molecule has 0 radical (unpaired) electrons. The lowest BCUT2D eigenvalue weighted by molar-refractivity contribution is -0.137. The first-order chi connectivity index (χ1) is 10.9. The summed E-state index contributed by atoms with van der Waals surface area (Å²) in [7, 11) is 0. The highest BCUT2D eigenvalue weighted by Crippen LogP contribution is 2.36. The summed E-state index contributed by atoms with van der Waals surface area (Å²) >= 11 is 0. The second-order valence-corrected chi connectivity index (χ2v) is 5.46. The number of aliphatic hydroxyl groups is 1. The molecule has 4 nitrogen and oxygen atoms in total. The van der Waals surface area contributed by atoms with Crippen LogP contribution < -0.4 is 0 Å². The lowest BCUT2D eigenvalue weighted by atomic mass is 10.0. The van der Waals surface area contributed by atoms with Crippen molar-refractivity contribution < 1.29 is 27.5 Å². The van der Waals surface area contributed by atoms with Crippen molar-refractivity contribution in [3.05, 3.63) is 59.5 Å². The van der Waals surface area contributed by atoms with Crippen molar-refractivity contribution >= 4 is 5.91 Å². The normalized spacial score (nSPS) is 21.7. The zero-order chi connectivity index (χ0) is 16.6. The zero-order valence-corrected chi connectivity index (χ0v) is 12.0. The average molecular weight is 325 g/mol. The molecule has 0 bridgehead atoms. The Morgan fingerprint density at radius 1 is 1.26 bits per heavy atom. The van der Waals surface area contributed by atoms with E-state index in [1.165, 1.54) is 29.4 Å². The summed E-state index contributed by atoms with van der Waals surface area (Å²) in [6.45, 7) is 0.0560. The number of amides is 1. The molecule has 1 aliphatic rings. The molecule has 7 heteroatoms. The molecule has 0 aliphatic carbocycles. The molecule has 1 aliphatic heterocycles. The van der Waals surface area contributed by atoms with Gasteiger partial charge in [-0.1, -0.05) is 12.1 Å². The van der Waals surface area contributed by atoms with E-state index in [-0.39, 0.29) is 18.7 Å². The van der Waals surface area contributed by atoms with Crippen LogP contribution in [0.2, 0.25) is 0 Å². The van der Waals surface area contributed by atoms with Gasteiger partial charge in [-0.05, 0) is 36.2 Å². The van der Waals surface area contributed by atoms with Gasteiger partial charge in [-0.2, -0.15) is 13.2 Å². The number of carbonyl (C=O) groups excluding carboxylic acids is 1. The lowest BCUT2D eigenvalue weighted by Crippen LogP contribution is -2.31. The van der Waals surface area contributed by atoms with E-state index in [1.54, 1.807) is 6.07 Å². The third-order valence-electron chi connectivity index (χ3n) is 3.87. The Kier molecular flexibility index (Phi) is 3.89. The van der Waals surface area contributed by atoms with Gasteiger partial charge in [0.15, 0.2) is 5.76 Å². The fourth-order valence-electron chi connectivity index (χ4n) is 2.82. The minimum atomic E-state index is -4.46. The molecule has 3 rings (SSSR count). The van der Waals surface area contributed by atoms with Crippen LogP contribution in [0.1, 0.15) is 34.1 Å². The molecule has 1 aromatic carbocycles. The van der Waals surface area contributed by atoms with Gasteiger partial charge in [-0.25, -0.2) is 0 Å². The standard InChI is InChI=1S/C16H14F3NO3/c17-16(18,19)11-4-1-3-10(7-11)13-8-12(21)9-20(13)15(22)14-5-2-6-23-14/h1-7,12-13,21H,8-9H2. The maximum absolute atomic E-state index is 12.9. The predicted octanol–water partition coefficient (Wildman–Crippen LogP) is 3.25. The van der Waals surface area contributed by atoms with E-state index >= 15 is 0 Å². The topological polar surface area (TPSA) is 53.7 Å². The molecule has 23 heavy (non-hydrogen) atoms. The molecule has 1 aromatic heterocycles. The number of furan rings is 1. The summed E-state index contributed by atoms with van der Waals surface area (Å²) in [6, 6.07) is 7.25. The molecule has 0 spiro atoms. The summed E-state index contributed by atoms with van der Waals surface area (Å²) in [5.41, 5.74) is -0.432. The Morgan fingerprint density at radius 2 is 2.04 bits per heavy atom. The van der Waals surface area contributed by atoms with Crippen LogP contribution in [0.15, 0.2) is 47.1 Å². The Morgan fingerprint density at radius 3 is 2.70 bits per heavy atom. The van der Waals surface area contributed by atoms with E-state index in [1.807, 2.05) is 0 Å². The molecule has 1 fully saturated rings. The summed E-state index contributed by atoms with van der Waals surface area (Å²) in [5, 5.41) is 9.86. The van der Waals surface area contributed by atoms with Crippen LogP contribution in [0.3, 0.4) is 0 Å². The van der Waals surface area contributed by atoms with Crippen LogP contribution in [0.5, 0.6) is 0 Å². The van der Waals surface area contributed by atoms with Crippen LogP contribution in [0.25, 0.3) is 0 Å². The van der Waals surface area contributed by atoms with Crippen molar-refractivity contribution in [2.24, 2.45) is 0 Å².